The van der Waals surface area contributed by atoms with E-state index >= 15 is 0 Å². The minimum atomic E-state index is -0.252. The van der Waals surface area contributed by atoms with Gasteiger partial charge < -0.3 is 10.3 Å². The summed E-state index contributed by atoms with van der Waals surface area (Å²) in [7, 11) is 0. The van der Waals surface area contributed by atoms with Crippen molar-refractivity contribution in [3.05, 3.63) is 47.6 Å². The molecule has 0 aliphatic rings. The largest absolute Gasteiger partial charge is 0.339 e. The van der Waals surface area contributed by atoms with Crippen LogP contribution >= 0.6 is 0 Å². The second-order valence-corrected chi connectivity index (χ2v) is 5.09. The van der Waals surface area contributed by atoms with Gasteiger partial charge in [-0.15, -0.1) is 0 Å². The lowest BCUT2D eigenvalue weighted by Crippen LogP contribution is -2.28. The average Bonchev–Trinajstić information content (AvgIpc) is 2.87. The van der Waals surface area contributed by atoms with Gasteiger partial charge in [-0.05, 0) is 25.8 Å². The fourth-order valence-electron chi connectivity index (χ4n) is 1.62. The Morgan fingerprint density at radius 3 is 2.56 bits per heavy atom. The van der Waals surface area contributed by atoms with Gasteiger partial charge in [0.25, 0.3) is 0 Å². The second-order valence-electron chi connectivity index (χ2n) is 5.09. The fraction of sp³-hybridized carbons (Fsp3) is 0.429. The number of nitrogens with two attached hydrogens (primary N) is 1. The van der Waals surface area contributed by atoms with Gasteiger partial charge in [0.15, 0.2) is 5.82 Å². The van der Waals surface area contributed by atoms with Crippen LogP contribution in [0.2, 0.25) is 0 Å². The topological polar surface area (TPSA) is 64.9 Å². The van der Waals surface area contributed by atoms with E-state index in [9.17, 15) is 0 Å². The van der Waals surface area contributed by atoms with E-state index in [0.717, 1.165) is 18.7 Å². The van der Waals surface area contributed by atoms with Crippen molar-refractivity contribution in [3.63, 3.8) is 0 Å². The lowest BCUT2D eigenvalue weighted by atomic mass is 9.94. The molecule has 0 fully saturated rings. The van der Waals surface area contributed by atoms with E-state index in [4.69, 9.17) is 10.3 Å². The third-order valence-electron chi connectivity index (χ3n) is 3.04. The van der Waals surface area contributed by atoms with Crippen LogP contribution < -0.4 is 5.73 Å². The highest BCUT2D eigenvalue weighted by molar-refractivity contribution is 5.15. The molecule has 0 radical (unpaired) electrons. The summed E-state index contributed by atoms with van der Waals surface area (Å²) in [5.74, 6) is 1.36. The van der Waals surface area contributed by atoms with Gasteiger partial charge in [-0.25, -0.2) is 0 Å². The molecule has 1 aromatic carbocycles. The summed E-state index contributed by atoms with van der Waals surface area (Å²) < 4.78 is 5.27. The molecule has 0 aliphatic heterocycles. The monoisotopic (exact) mass is 245 g/mol. The fourth-order valence-corrected chi connectivity index (χ4v) is 1.62. The zero-order valence-electron chi connectivity index (χ0n) is 10.9. The molecule has 0 unspecified atom stereocenters. The van der Waals surface area contributed by atoms with Crippen LogP contribution in [-0.4, -0.2) is 16.7 Å². The SMILES string of the molecule is CC(C)(CN)c1nc(CCc2ccccc2)no1. The van der Waals surface area contributed by atoms with Gasteiger partial charge in [0.05, 0.1) is 5.41 Å². The number of benzene rings is 1. The van der Waals surface area contributed by atoms with Crippen LogP contribution in [0.4, 0.5) is 0 Å². The summed E-state index contributed by atoms with van der Waals surface area (Å²) in [5.41, 5.74) is 6.71. The molecule has 0 amide bonds. The third kappa shape index (κ3) is 2.96. The van der Waals surface area contributed by atoms with E-state index < -0.39 is 0 Å². The molecule has 2 rings (SSSR count). The molecule has 0 spiro atoms. The lowest BCUT2D eigenvalue weighted by molar-refractivity contribution is 0.309. The number of rotatable bonds is 5. The smallest absolute Gasteiger partial charge is 0.233 e. The molecule has 0 aliphatic carbocycles. The summed E-state index contributed by atoms with van der Waals surface area (Å²) in [5, 5.41) is 4.00. The van der Waals surface area contributed by atoms with Gasteiger partial charge in [-0.2, -0.15) is 4.98 Å². The van der Waals surface area contributed by atoms with Crippen molar-refractivity contribution >= 4 is 0 Å². The minimum Gasteiger partial charge on any atom is -0.339 e. The van der Waals surface area contributed by atoms with Crippen LogP contribution in [0, 0.1) is 0 Å². The molecule has 96 valence electrons. The summed E-state index contributed by atoms with van der Waals surface area (Å²) in [6.45, 7) is 4.50. The molecule has 0 saturated heterocycles. The zero-order valence-corrected chi connectivity index (χ0v) is 10.9. The first-order valence-corrected chi connectivity index (χ1v) is 6.19. The van der Waals surface area contributed by atoms with Crippen molar-refractivity contribution in [3.8, 4) is 0 Å². The first-order chi connectivity index (χ1) is 8.62. The van der Waals surface area contributed by atoms with E-state index in [-0.39, 0.29) is 5.41 Å². The van der Waals surface area contributed by atoms with Gasteiger partial charge in [0.1, 0.15) is 0 Å². The zero-order chi connectivity index (χ0) is 13.0. The molecule has 4 heteroatoms. The summed E-state index contributed by atoms with van der Waals surface area (Å²) in [4.78, 5) is 4.41. The first-order valence-electron chi connectivity index (χ1n) is 6.19. The standard InChI is InChI=1S/C14H19N3O/c1-14(2,10-15)13-16-12(17-18-13)9-8-11-6-4-3-5-7-11/h3-7H,8-10,15H2,1-2H3. The Hall–Kier alpha value is -1.68. The molecular weight excluding hydrogens is 226 g/mol. The Balaban J connectivity index is 1.99. The molecule has 18 heavy (non-hydrogen) atoms. The number of hydrogen-bond donors (Lipinski definition) is 1. The first kappa shape index (κ1) is 12.8. The highest BCUT2D eigenvalue weighted by Crippen LogP contribution is 2.19. The predicted molar refractivity (Wildman–Crippen MR) is 70.2 cm³/mol. The Labute approximate surface area is 107 Å². The number of hydrogen-bond acceptors (Lipinski definition) is 4. The molecule has 4 nitrogen and oxygen atoms in total. The molecule has 0 atom stereocenters. The second kappa shape index (κ2) is 5.31. The van der Waals surface area contributed by atoms with E-state index in [0.29, 0.717) is 12.4 Å². The van der Waals surface area contributed by atoms with Crippen LogP contribution in [0.25, 0.3) is 0 Å². The number of aromatic nitrogens is 2. The average molecular weight is 245 g/mol. The highest BCUT2D eigenvalue weighted by atomic mass is 16.5. The van der Waals surface area contributed by atoms with Crippen molar-refractivity contribution in [1.82, 2.24) is 10.1 Å². The quantitative estimate of drug-likeness (QED) is 0.876. The van der Waals surface area contributed by atoms with Crippen molar-refractivity contribution in [2.75, 3.05) is 6.54 Å². The molecule has 1 heterocycles. The Morgan fingerprint density at radius 1 is 1.17 bits per heavy atom. The van der Waals surface area contributed by atoms with E-state index in [1.165, 1.54) is 5.56 Å². The highest BCUT2D eigenvalue weighted by Gasteiger charge is 2.25. The molecule has 2 N–H and O–H groups in total. The lowest BCUT2D eigenvalue weighted by Gasteiger charge is -2.15. The number of nitrogens with zero attached hydrogens (tertiary/aromatic N) is 2. The normalized spacial score (nSPS) is 11.7. The van der Waals surface area contributed by atoms with Crippen molar-refractivity contribution in [2.24, 2.45) is 5.73 Å². The van der Waals surface area contributed by atoms with Crippen LogP contribution in [0.15, 0.2) is 34.9 Å². The van der Waals surface area contributed by atoms with Crippen molar-refractivity contribution in [1.29, 1.82) is 0 Å². The van der Waals surface area contributed by atoms with Crippen LogP contribution in [0.5, 0.6) is 0 Å². The Kier molecular flexibility index (Phi) is 3.77. The minimum absolute atomic E-state index is 0.252. The number of aryl methyl sites for hydroxylation is 2. The van der Waals surface area contributed by atoms with E-state index in [1.807, 2.05) is 32.0 Å². The van der Waals surface area contributed by atoms with Crippen LogP contribution in [0.3, 0.4) is 0 Å². The van der Waals surface area contributed by atoms with Crippen molar-refractivity contribution in [2.45, 2.75) is 32.1 Å². The van der Waals surface area contributed by atoms with Gasteiger partial charge in [0, 0.05) is 13.0 Å². The molecule has 0 saturated carbocycles. The molecule has 0 bridgehead atoms. The van der Waals surface area contributed by atoms with Gasteiger partial charge in [0.2, 0.25) is 5.89 Å². The third-order valence-corrected chi connectivity index (χ3v) is 3.04. The molecule has 2 aromatic rings. The molecular formula is C14H19N3O. The van der Waals surface area contributed by atoms with Crippen molar-refractivity contribution < 1.29 is 4.52 Å². The van der Waals surface area contributed by atoms with Crippen LogP contribution in [0.1, 0.15) is 31.1 Å². The maximum atomic E-state index is 5.68. The summed E-state index contributed by atoms with van der Waals surface area (Å²) in [6.07, 6.45) is 1.71. The van der Waals surface area contributed by atoms with Crippen LogP contribution in [-0.2, 0) is 18.3 Å². The van der Waals surface area contributed by atoms with Gasteiger partial charge >= 0.3 is 0 Å². The Morgan fingerprint density at radius 2 is 1.89 bits per heavy atom. The maximum absolute atomic E-state index is 5.68. The maximum Gasteiger partial charge on any atom is 0.233 e. The predicted octanol–water partition coefficient (Wildman–Crippen LogP) is 2.09. The summed E-state index contributed by atoms with van der Waals surface area (Å²) in [6, 6.07) is 10.3. The van der Waals surface area contributed by atoms with E-state index in [2.05, 4.69) is 22.3 Å². The molecule has 1 aromatic heterocycles. The summed E-state index contributed by atoms with van der Waals surface area (Å²) >= 11 is 0. The van der Waals surface area contributed by atoms with Gasteiger partial charge in [-0.1, -0.05) is 35.5 Å². The van der Waals surface area contributed by atoms with E-state index in [1.54, 1.807) is 0 Å². The Bertz CT molecular complexity index is 491. The van der Waals surface area contributed by atoms with Gasteiger partial charge in [-0.3, -0.25) is 0 Å².